The number of hydrogen-bond donors (Lipinski definition) is 1. The molecule has 2 heterocycles. The number of carbonyl (C=O) groups excluding carboxylic acids is 1. The van der Waals surface area contributed by atoms with Gasteiger partial charge < -0.3 is 15.0 Å². The molecule has 1 aromatic heterocycles. The molecule has 1 fully saturated rings. The second-order valence-electron chi connectivity index (χ2n) is 7.44. The first-order valence-electron chi connectivity index (χ1n) is 10.2. The first-order valence-corrected chi connectivity index (χ1v) is 10.2. The lowest BCUT2D eigenvalue weighted by molar-refractivity contribution is -0.274. The van der Waals surface area contributed by atoms with Gasteiger partial charge in [0, 0.05) is 24.6 Å². The molecule has 4 rings (SSSR count). The van der Waals surface area contributed by atoms with E-state index in [-0.39, 0.29) is 17.5 Å². The van der Waals surface area contributed by atoms with E-state index in [9.17, 15) is 18.0 Å². The van der Waals surface area contributed by atoms with Gasteiger partial charge in [0.2, 0.25) is 5.91 Å². The maximum absolute atomic E-state index is 12.6. The van der Waals surface area contributed by atoms with Crippen molar-refractivity contribution in [2.45, 2.75) is 19.2 Å². The number of ether oxygens (including phenoxy) is 1. The Morgan fingerprint density at radius 1 is 0.938 bits per heavy atom. The zero-order valence-electron chi connectivity index (χ0n) is 17.0. The van der Waals surface area contributed by atoms with Crippen LogP contribution in [0.4, 0.5) is 24.7 Å². The number of para-hydroxylation sites is 2. The average Bonchev–Trinajstić information content (AvgIpc) is 2.80. The minimum Gasteiger partial charge on any atom is -0.404 e. The summed E-state index contributed by atoms with van der Waals surface area (Å²) in [6.07, 6.45) is -3.73. The maximum atomic E-state index is 12.6. The van der Waals surface area contributed by atoms with Crippen LogP contribution < -0.4 is 15.0 Å². The minimum atomic E-state index is -4.83. The van der Waals surface area contributed by atoms with Crippen molar-refractivity contribution in [1.29, 1.82) is 0 Å². The molecule has 0 unspecified atom stereocenters. The summed E-state index contributed by atoms with van der Waals surface area (Å²) >= 11 is 0. The molecule has 1 aliphatic rings. The Labute approximate surface area is 183 Å². The largest absolute Gasteiger partial charge is 0.573 e. The molecule has 1 saturated heterocycles. The molecule has 9 heteroatoms. The van der Waals surface area contributed by atoms with Gasteiger partial charge in [0.1, 0.15) is 0 Å². The lowest BCUT2D eigenvalue weighted by Crippen LogP contribution is -2.38. The van der Waals surface area contributed by atoms with E-state index in [0.29, 0.717) is 25.9 Å². The standard InChI is InChI=1S/C23H21F3N4O2/c24-23(25,26)32-20-9-5-4-8-19(20)27-22(31)17-12-14-30(15-13-17)21-11-10-18(28-29-21)16-6-2-1-3-7-16/h1-11,17H,12-15H2,(H,27,31). The zero-order valence-corrected chi connectivity index (χ0v) is 17.0. The number of anilines is 2. The molecule has 0 bridgehead atoms. The van der Waals surface area contributed by atoms with Crippen molar-refractivity contribution < 1.29 is 22.7 Å². The van der Waals surface area contributed by atoms with Crippen LogP contribution in [-0.4, -0.2) is 35.6 Å². The van der Waals surface area contributed by atoms with E-state index in [2.05, 4.69) is 20.3 Å². The second kappa shape index (κ2) is 9.25. The van der Waals surface area contributed by atoms with Crippen molar-refractivity contribution in [3.63, 3.8) is 0 Å². The van der Waals surface area contributed by atoms with Crippen molar-refractivity contribution in [3.05, 3.63) is 66.7 Å². The molecular formula is C23H21F3N4O2. The van der Waals surface area contributed by atoms with Crippen LogP contribution in [0.2, 0.25) is 0 Å². The fourth-order valence-electron chi connectivity index (χ4n) is 3.65. The number of nitrogens with zero attached hydrogens (tertiary/aromatic N) is 3. The number of nitrogens with one attached hydrogen (secondary N) is 1. The highest BCUT2D eigenvalue weighted by atomic mass is 19.4. The summed E-state index contributed by atoms with van der Waals surface area (Å²) < 4.78 is 41.8. The second-order valence-corrected chi connectivity index (χ2v) is 7.44. The molecule has 3 aromatic rings. The van der Waals surface area contributed by atoms with E-state index < -0.39 is 12.1 Å². The third kappa shape index (κ3) is 5.35. The van der Waals surface area contributed by atoms with Crippen LogP contribution in [0, 0.1) is 5.92 Å². The van der Waals surface area contributed by atoms with Crippen LogP contribution in [0.5, 0.6) is 5.75 Å². The van der Waals surface area contributed by atoms with Crippen molar-refractivity contribution in [3.8, 4) is 17.0 Å². The molecule has 0 radical (unpaired) electrons. The molecular weight excluding hydrogens is 421 g/mol. The van der Waals surface area contributed by atoms with Gasteiger partial charge in [-0.2, -0.15) is 0 Å². The number of carbonyl (C=O) groups is 1. The summed E-state index contributed by atoms with van der Waals surface area (Å²) in [5, 5.41) is 11.2. The van der Waals surface area contributed by atoms with Gasteiger partial charge in [-0.15, -0.1) is 23.4 Å². The Bertz CT molecular complexity index is 1050. The van der Waals surface area contributed by atoms with Crippen LogP contribution in [0.25, 0.3) is 11.3 Å². The highest BCUT2D eigenvalue weighted by molar-refractivity contribution is 5.94. The van der Waals surface area contributed by atoms with Crippen LogP contribution in [0.1, 0.15) is 12.8 Å². The smallest absolute Gasteiger partial charge is 0.404 e. The number of amides is 1. The summed E-state index contributed by atoms with van der Waals surface area (Å²) in [4.78, 5) is 14.7. The third-order valence-corrected chi connectivity index (χ3v) is 5.28. The van der Waals surface area contributed by atoms with Crippen LogP contribution in [0.3, 0.4) is 0 Å². The first-order chi connectivity index (χ1) is 15.4. The lowest BCUT2D eigenvalue weighted by Gasteiger charge is -2.32. The Morgan fingerprint density at radius 2 is 1.62 bits per heavy atom. The summed E-state index contributed by atoms with van der Waals surface area (Å²) in [5.74, 6) is -0.345. The topological polar surface area (TPSA) is 67.3 Å². The Hall–Kier alpha value is -3.62. The number of piperidine rings is 1. The monoisotopic (exact) mass is 442 g/mol. The van der Waals surface area contributed by atoms with Crippen LogP contribution >= 0.6 is 0 Å². The summed E-state index contributed by atoms with van der Waals surface area (Å²) in [7, 11) is 0. The molecule has 2 aromatic carbocycles. The van der Waals surface area contributed by atoms with Gasteiger partial charge in [-0.1, -0.05) is 42.5 Å². The van der Waals surface area contributed by atoms with Gasteiger partial charge in [0.25, 0.3) is 0 Å². The SMILES string of the molecule is O=C(Nc1ccccc1OC(F)(F)F)C1CCN(c2ccc(-c3ccccc3)nn2)CC1. The van der Waals surface area contributed by atoms with E-state index >= 15 is 0 Å². The highest BCUT2D eigenvalue weighted by Crippen LogP contribution is 2.31. The molecule has 0 spiro atoms. The van der Waals surface area contributed by atoms with Gasteiger partial charge in [0.15, 0.2) is 11.6 Å². The number of rotatable bonds is 5. The summed E-state index contributed by atoms with van der Waals surface area (Å²) in [5.41, 5.74) is 1.76. The Balaban J connectivity index is 1.35. The van der Waals surface area contributed by atoms with Crippen molar-refractivity contribution in [1.82, 2.24) is 10.2 Å². The van der Waals surface area contributed by atoms with Gasteiger partial charge in [-0.05, 0) is 37.1 Å². The number of alkyl halides is 3. The zero-order chi connectivity index (χ0) is 22.6. The molecule has 32 heavy (non-hydrogen) atoms. The van der Waals surface area contributed by atoms with E-state index in [1.165, 1.54) is 18.2 Å². The predicted octanol–water partition coefficient (Wildman–Crippen LogP) is 4.90. The average molecular weight is 442 g/mol. The lowest BCUT2D eigenvalue weighted by atomic mass is 9.95. The molecule has 1 N–H and O–H groups in total. The Morgan fingerprint density at radius 3 is 2.28 bits per heavy atom. The summed E-state index contributed by atoms with van der Waals surface area (Å²) in [6, 6.07) is 19.1. The quantitative estimate of drug-likeness (QED) is 0.609. The van der Waals surface area contributed by atoms with E-state index in [1.54, 1.807) is 6.07 Å². The number of hydrogen-bond acceptors (Lipinski definition) is 5. The first kappa shape index (κ1) is 21.6. The number of halogens is 3. The molecule has 1 amide bonds. The van der Waals surface area contributed by atoms with Gasteiger partial charge in [-0.25, -0.2) is 0 Å². The fraction of sp³-hybridized carbons (Fsp3) is 0.261. The van der Waals surface area contributed by atoms with E-state index in [1.807, 2.05) is 47.4 Å². The van der Waals surface area contributed by atoms with Crippen molar-refractivity contribution in [2.24, 2.45) is 5.92 Å². The third-order valence-electron chi connectivity index (χ3n) is 5.28. The van der Waals surface area contributed by atoms with Gasteiger partial charge in [0.05, 0.1) is 11.4 Å². The summed E-state index contributed by atoms with van der Waals surface area (Å²) in [6.45, 7) is 1.19. The molecule has 166 valence electrons. The fourth-order valence-corrected chi connectivity index (χ4v) is 3.65. The normalized spacial score (nSPS) is 14.8. The highest BCUT2D eigenvalue weighted by Gasteiger charge is 2.33. The van der Waals surface area contributed by atoms with E-state index in [4.69, 9.17) is 0 Å². The molecule has 0 atom stereocenters. The minimum absolute atomic E-state index is 0.000350. The Kier molecular flexibility index (Phi) is 6.25. The number of aromatic nitrogens is 2. The molecule has 0 aliphatic carbocycles. The molecule has 6 nitrogen and oxygen atoms in total. The molecule has 0 saturated carbocycles. The van der Waals surface area contributed by atoms with Crippen molar-refractivity contribution >= 4 is 17.4 Å². The predicted molar refractivity (Wildman–Crippen MR) is 114 cm³/mol. The van der Waals surface area contributed by atoms with Crippen LogP contribution in [0.15, 0.2) is 66.7 Å². The van der Waals surface area contributed by atoms with Gasteiger partial charge >= 0.3 is 6.36 Å². The molecule has 1 aliphatic heterocycles. The number of benzene rings is 2. The van der Waals surface area contributed by atoms with Crippen molar-refractivity contribution in [2.75, 3.05) is 23.3 Å². The maximum Gasteiger partial charge on any atom is 0.573 e. The van der Waals surface area contributed by atoms with Gasteiger partial charge in [-0.3, -0.25) is 4.79 Å². The van der Waals surface area contributed by atoms with E-state index in [0.717, 1.165) is 17.1 Å². The van der Waals surface area contributed by atoms with Crippen LogP contribution in [-0.2, 0) is 4.79 Å².